The highest BCUT2D eigenvalue weighted by Gasteiger charge is 2.08. The number of hydrogen-bond donors (Lipinski definition) is 2. The Morgan fingerprint density at radius 1 is 1.35 bits per heavy atom. The average Bonchev–Trinajstić information content (AvgIpc) is 2.85. The minimum Gasteiger partial charge on any atom is -0.383 e. The van der Waals surface area contributed by atoms with Crippen molar-refractivity contribution in [1.82, 2.24) is 20.7 Å². The Labute approximate surface area is 115 Å². The number of methoxy groups -OCH3 is 1. The number of rotatable bonds is 6. The van der Waals surface area contributed by atoms with Gasteiger partial charge in [-0.15, -0.1) is 10.2 Å². The van der Waals surface area contributed by atoms with E-state index in [1.165, 1.54) is 0 Å². The van der Waals surface area contributed by atoms with Crippen molar-refractivity contribution in [2.75, 3.05) is 25.6 Å². The summed E-state index contributed by atoms with van der Waals surface area (Å²) in [7, 11) is 1.57. The number of carbonyl (C=O) groups excluding carboxylic acids is 1. The summed E-state index contributed by atoms with van der Waals surface area (Å²) in [6.45, 7) is 2.66. The first kappa shape index (κ1) is 13.9. The molecule has 0 aliphatic heterocycles. The van der Waals surface area contributed by atoms with Crippen LogP contribution in [0.15, 0.2) is 22.7 Å². The third kappa shape index (κ3) is 3.75. The van der Waals surface area contributed by atoms with Crippen LogP contribution >= 0.6 is 0 Å². The van der Waals surface area contributed by atoms with E-state index in [9.17, 15) is 4.79 Å². The van der Waals surface area contributed by atoms with Crippen molar-refractivity contribution in [3.8, 4) is 0 Å². The second kappa shape index (κ2) is 6.62. The molecule has 0 unspecified atom stereocenters. The molecule has 8 nitrogen and oxygen atoms in total. The quantitative estimate of drug-likeness (QED) is 0.756. The van der Waals surface area contributed by atoms with E-state index in [1.807, 2.05) is 0 Å². The van der Waals surface area contributed by atoms with Crippen LogP contribution in [0.2, 0.25) is 0 Å². The van der Waals surface area contributed by atoms with Gasteiger partial charge in [0.1, 0.15) is 5.76 Å². The molecule has 0 atom stereocenters. The molecule has 2 aromatic rings. The Morgan fingerprint density at radius 2 is 2.20 bits per heavy atom. The maximum atomic E-state index is 11.7. The first-order valence-corrected chi connectivity index (χ1v) is 6.00. The number of carbonyl (C=O) groups is 1. The lowest BCUT2D eigenvalue weighted by Crippen LogP contribution is -2.27. The normalized spacial score (nSPS) is 10.3. The lowest BCUT2D eigenvalue weighted by molar-refractivity contribution is 0.0931. The van der Waals surface area contributed by atoms with Crippen molar-refractivity contribution < 1.29 is 14.1 Å². The summed E-state index contributed by atoms with van der Waals surface area (Å²) in [5.41, 5.74) is 0.239. The maximum absolute atomic E-state index is 11.7. The first-order chi connectivity index (χ1) is 9.69. The molecule has 106 valence electrons. The molecule has 0 bridgehead atoms. The predicted octanol–water partition coefficient (Wildman–Crippen LogP) is 0.893. The summed E-state index contributed by atoms with van der Waals surface area (Å²) in [5, 5.41) is 17.1. The molecular formula is C12H15N5O3. The Kier molecular flexibility index (Phi) is 4.61. The second-order valence-corrected chi connectivity index (χ2v) is 4.00. The molecule has 1 amide bonds. The monoisotopic (exact) mass is 277 g/mol. The SMILES string of the molecule is COCCNC(=O)c1ccc(Nc2cc(C)on2)nn1. The van der Waals surface area contributed by atoms with Gasteiger partial charge in [0.2, 0.25) is 0 Å². The minimum absolute atomic E-state index is 0.239. The second-order valence-electron chi connectivity index (χ2n) is 4.00. The van der Waals surface area contributed by atoms with Crippen LogP contribution in [0.25, 0.3) is 0 Å². The Balaban J connectivity index is 1.94. The number of aryl methyl sites for hydroxylation is 1. The third-order valence-electron chi connectivity index (χ3n) is 2.37. The predicted molar refractivity (Wildman–Crippen MR) is 70.8 cm³/mol. The van der Waals surface area contributed by atoms with Gasteiger partial charge in [-0.25, -0.2) is 0 Å². The molecule has 0 saturated heterocycles. The fourth-order valence-corrected chi connectivity index (χ4v) is 1.43. The summed E-state index contributed by atoms with van der Waals surface area (Å²) in [6, 6.07) is 4.94. The van der Waals surface area contributed by atoms with E-state index in [1.54, 1.807) is 32.2 Å². The van der Waals surface area contributed by atoms with Gasteiger partial charge >= 0.3 is 0 Å². The zero-order chi connectivity index (χ0) is 14.4. The van der Waals surface area contributed by atoms with Crippen molar-refractivity contribution in [3.63, 3.8) is 0 Å². The highest BCUT2D eigenvalue weighted by molar-refractivity contribution is 5.92. The molecule has 0 aliphatic rings. The molecule has 2 N–H and O–H groups in total. The lowest BCUT2D eigenvalue weighted by Gasteiger charge is -2.04. The van der Waals surface area contributed by atoms with Crippen LogP contribution in [0.1, 0.15) is 16.2 Å². The van der Waals surface area contributed by atoms with Gasteiger partial charge in [0.05, 0.1) is 6.61 Å². The largest absolute Gasteiger partial charge is 0.383 e. The van der Waals surface area contributed by atoms with Crippen LogP contribution in [-0.4, -0.2) is 41.5 Å². The number of hydrogen-bond acceptors (Lipinski definition) is 7. The molecule has 0 aromatic carbocycles. The molecule has 2 heterocycles. The van der Waals surface area contributed by atoms with Crippen LogP contribution in [0.4, 0.5) is 11.6 Å². The van der Waals surface area contributed by atoms with Gasteiger partial charge in [0, 0.05) is 19.7 Å². The number of anilines is 2. The van der Waals surface area contributed by atoms with E-state index in [-0.39, 0.29) is 11.6 Å². The molecular weight excluding hydrogens is 262 g/mol. The van der Waals surface area contributed by atoms with E-state index >= 15 is 0 Å². The van der Waals surface area contributed by atoms with Crippen LogP contribution in [0.5, 0.6) is 0 Å². The zero-order valence-electron chi connectivity index (χ0n) is 11.2. The molecule has 0 aliphatic carbocycles. The molecule has 2 aromatic heterocycles. The number of nitrogens with one attached hydrogen (secondary N) is 2. The maximum Gasteiger partial charge on any atom is 0.271 e. The van der Waals surface area contributed by atoms with Gasteiger partial charge in [-0.05, 0) is 19.1 Å². The highest BCUT2D eigenvalue weighted by Crippen LogP contribution is 2.13. The van der Waals surface area contributed by atoms with E-state index in [0.29, 0.717) is 30.5 Å². The van der Waals surface area contributed by atoms with Gasteiger partial charge in [0.15, 0.2) is 17.3 Å². The van der Waals surface area contributed by atoms with Gasteiger partial charge in [-0.2, -0.15) is 0 Å². The smallest absolute Gasteiger partial charge is 0.271 e. The topological polar surface area (TPSA) is 102 Å². The van der Waals surface area contributed by atoms with Gasteiger partial charge in [-0.1, -0.05) is 5.16 Å². The highest BCUT2D eigenvalue weighted by atomic mass is 16.5. The average molecular weight is 277 g/mol. The van der Waals surface area contributed by atoms with Crippen molar-refractivity contribution >= 4 is 17.5 Å². The van der Waals surface area contributed by atoms with Gasteiger partial charge in [-0.3, -0.25) is 4.79 Å². The van der Waals surface area contributed by atoms with E-state index in [2.05, 4.69) is 26.0 Å². The molecule has 8 heteroatoms. The summed E-state index contributed by atoms with van der Waals surface area (Å²) in [4.78, 5) is 11.7. The van der Waals surface area contributed by atoms with Crippen LogP contribution < -0.4 is 10.6 Å². The summed E-state index contributed by atoms with van der Waals surface area (Å²) >= 11 is 0. The number of nitrogens with zero attached hydrogens (tertiary/aromatic N) is 3. The third-order valence-corrected chi connectivity index (χ3v) is 2.37. The molecule has 20 heavy (non-hydrogen) atoms. The molecule has 0 fully saturated rings. The standard InChI is InChI=1S/C12H15N5O3/c1-8-7-11(17-20-8)14-10-4-3-9(15-16-10)12(18)13-5-6-19-2/h3-4,7H,5-6H2,1-2H3,(H,13,18)(H,14,16,17). The number of aromatic nitrogens is 3. The summed E-state index contributed by atoms with van der Waals surface area (Å²) < 4.78 is 9.76. The van der Waals surface area contributed by atoms with Crippen molar-refractivity contribution in [2.24, 2.45) is 0 Å². The number of ether oxygens (including phenoxy) is 1. The Bertz CT molecular complexity index is 567. The van der Waals surface area contributed by atoms with Crippen LogP contribution in [-0.2, 0) is 4.74 Å². The lowest BCUT2D eigenvalue weighted by atomic mass is 10.3. The Hall–Kier alpha value is -2.48. The van der Waals surface area contributed by atoms with Crippen molar-refractivity contribution in [3.05, 3.63) is 29.7 Å². The number of amides is 1. The van der Waals surface area contributed by atoms with E-state index in [0.717, 1.165) is 0 Å². The van der Waals surface area contributed by atoms with E-state index in [4.69, 9.17) is 9.26 Å². The summed E-state index contributed by atoms with van der Waals surface area (Å²) in [6.07, 6.45) is 0. The van der Waals surface area contributed by atoms with Crippen LogP contribution in [0.3, 0.4) is 0 Å². The van der Waals surface area contributed by atoms with Crippen LogP contribution in [0, 0.1) is 6.92 Å². The first-order valence-electron chi connectivity index (χ1n) is 6.00. The molecule has 0 spiro atoms. The molecule has 0 radical (unpaired) electrons. The fourth-order valence-electron chi connectivity index (χ4n) is 1.43. The van der Waals surface area contributed by atoms with Gasteiger partial charge in [0.25, 0.3) is 5.91 Å². The van der Waals surface area contributed by atoms with Crippen molar-refractivity contribution in [2.45, 2.75) is 6.92 Å². The fraction of sp³-hybridized carbons (Fsp3) is 0.333. The zero-order valence-corrected chi connectivity index (χ0v) is 11.2. The van der Waals surface area contributed by atoms with Crippen molar-refractivity contribution in [1.29, 1.82) is 0 Å². The molecule has 0 saturated carbocycles. The Morgan fingerprint density at radius 3 is 2.80 bits per heavy atom. The van der Waals surface area contributed by atoms with Gasteiger partial charge < -0.3 is 19.9 Å². The minimum atomic E-state index is -0.293. The molecule has 2 rings (SSSR count). The van der Waals surface area contributed by atoms with E-state index < -0.39 is 0 Å². The summed E-state index contributed by atoms with van der Waals surface area (Å²) in [5.74, 6) is 1.41.